The van der Waals surface area contributed by atoms with E-state index in [0.29, 0.717) is 5.92 Å². The monoisotopic (exact) mass is 305 g/mol. The van der Waals surface area contributed by atoms with Crippen molar-refractivity contribution in [3.8, 4) is 0 Å². The number of nitrogens with one attached hydrogen (secondary N) is 1. The van der Waals surface area contributed by atoms with E-state index >= 15 is 0 Å². The van der Waals surface area contributed by atoms with Crippen molar-refractivity contribution in [1.29, 1.82) is 0 Å². The maximum Gasteiger partial charge on any atom is 0.233 e. The minimum atomic E-state index is -0.0665. The second kappa shape index (κ2) is 9.02. The summed E-state index contributed by atoms with van der Waals surface area (Å²) in [6.45, 7) is 2.89. The van der Waals surface area contributed by atoms with Gasteiger partial charge in [-0.1, -0.05) is 18.2 Å². The van der Waals surface area contributed by atoms with E-state index in [4.69, 9.17) is 5.73 Å². The molecule has 0 spiro atoms. The van der Waals surface area contributed by atoms with Gasteiger partial charge in [-0.2, -0.15) is 0 Å². The van der Waals surface area contributed by atoms with Crippen LogP contribution in [0.5, 0.6) is 0 Å². The number of nitrogens with zero attached hydrogens (tertiary/aromatic N) is 1. The molecule has 1 atom stereocenters. The number of carbonyl (C=O) groups is 1. The Morgan fingerprint density at radius 2 is 2.00 bits per heavy atom. The summed E-state index contributed by atoms with van der Waals surface area (Å²) in [6.07, 6.45) is 1.12. The lowest BCUT2D eigenvalue weighted by molar-refractivity contribution is -0.119. The first kappa shape index (κ1) is 18.0. The molecule has 108 valence electrons. The van der Waals surface area contributed by atoms with E-state index in [2.05, 4.69) is 34.5 Å². The van der Waals surface area contributed by atoms with Gasteiger partial charge >= 0.3 is 0 Å². The topological polar surface area (TPSA) is 58.4 Å². The van der Waals surface area contributed by atoms with Crippen LogP contribution in [0.1, 0.15) is 6.42 Å². The Labute approximate surface area is 126 Å². The van der Waals surface area contributed by atoms with Gasteiger partial charge in [0, 0.05) is 25.3 Å². The number of anilines is 1. The van der Waals surface area contributed by atoms with Gasteiger partial charge < -0.3 is 16.0 Å². The van der Waals surface area contributed by atoms with Crippen LogP contribution in [0.15, 0.2) is 30.3 Å². The zero-order valence-electron chi connectivity index (χ0n) is 10.7. The van der Waals surface area contributed by atoms with E-state index in [1.807, 2.05) is 6.07 Å². The molecular formula is C13H21Cl2N3O. The lowest BCUT2D eigenvalue weighted by Gasteiger charge is -2.18. The van der Waals surface area contributed by atoms with E-state index in [-0.39, 0.29) is 37.3 Å². The van der Waals surface area contributed by atoms with Crippen LogP contribution in [0.3, 0.4) is 0 Å². The van der Waals surface area contributed by atoms with Crippen molar-refractivity contribution < 1.29 is 4.79 Å². The van der Waals surface area contributed by atoms with E-state index < -0.39 is 0 Å². The first-order chi connectivity index (χ1) is 8.29. The molecule has 1 heterocycles. The number of rotatable bonds is 4. The minimum Gasteiger partial charge on any atom is -0.371 e. The van der Waals surface area contributed by atoms with Gasteiger partial charge in [-0.25, -0.2) is 0 Å². The van der Waals surface area contributed by atoms with Crippen molar-refractivity contribution in [3.05, 3.63) is 30.3 Å². The predicted molar refractivity (Wildman–Crippen MR) is 83.3 cm³/mol. The smallest absolute Gasteiger partial charge is 0.233 e. The Morgan fingerprint density at radius 3 is 2.63 bits per heavy atom. The molecule has 1 aliphatic rings. The first-order valence-corrected chi connectivity index (χ1v) is 6.06. The molecule has 2 rings (SSSR count). The zero-order chi connectivity index (χ0) is 12.1. The summed E-state index contributed by atoms with van der Waals surface area (Å²) >= 11 is 0. The number of amides is 1. The third-order valence-corrected chi connectivity index (χ3v) is 3.18. The fourth-order valence-corrected chi connectivity index (χ4v) is 2.20. The standard InChI is InChI=1S/C13H19N3O.2ClH/c14-8-13(17)15-9-11-6-7-16(10-11)12-4-2-1-3-5-12;;/h1-5,11H,6-10,14H2,(H,15,17);2*1H. The summed E-state index contributed by atoms with van der Waals surface area (Å²) in [5.41, 5.74) is 6.52. The molecule has 1 unspecified atom stereocenters. The third-order valence-electron chi connectivity index (χ3n) is 3.18. The van der Waals surface area contributed by atoms with Gasteiger partial charge in [0.25, 0.3) is 0 Å². The van der Waals surface area contributed by atoms with Crippen LogP contribution < -0.4 is 16.0 Å². The van der Waals surface area contributed by atoms with Crippen molar-refractivity contribution >= 4 is 36.4 Å². The molecule has 6 heteroatoms. The predicted octanol–water partition coefficient (Wildman–Crippen LogP) is 1.43. The quantitative estimate of drug-likeness (QED) is 0.885. The molecule has 0 radical (unpaired) electrons. The van der Waals surface area contributed by atoms with Crippen molar-refractivity contribution in [3.63, 3.8) is 0 Å². The van der Waals surface area contributed by atoms with Crippen LogP contribution in [0.25, 0.3) is 0 Å². The molecule has 1 fully saturated rings. The van der Waals surface area contributed by atoms with Gasteiger partial charge in [0.1, 0.15) is 0 Å². The second-order valence-electron chi connectivity index (χ2n) is 4.44. The second-order valence-corrected chi connectivity index (χ2v) is 4.44. The molecular weight excluding hydrogens is 285 g/mol. The number of benzene rings is 1. The maximum absolute atomic E-state index is 11.1. The Morgan fingerprint density at radius 1 is 1.32 bits per heavy atom. The van der Waals surface area contributed by atoms with Gasteiger partial charge in [0.2, 0.25) is 5.91 Å². The number of para-hydroxylation sites is 1. The normalized spacial score (nSPS) is 17.3. The number of nitrogens with two attached hydrogens (primary N) is 1. The summed E-state index contributed by atoms with van der Waals surface area (Å²) in [7, 11) is 0. The molecule has 0 saturated carbocycles. The Hall–Kier alpha value is -0.970. The van der Waals surface area contributed by atoms with E-state index in [1.165, 1.54) is 5.69 Å². The zero-order valence-corrected chi connectivity index (χ0v) is 12.4. The summed E-state index contributed by atoms with van der Waals surface area (Å²) in [5.74, 6) is 0.467. The van der Waals surface area contributed by atoms with E-state index in [0.717, 1.165) is 26.1 Å². The molecule has 1 aromatic carbocycles. The van der Waals surface area contributed by atoms with E-state index in [1.54, 1.807) is 0 Å². The molecule has 4 nitrogen and oxygen atoms in total. The third kappa shape index (κ3) is 5.27. The van der Waals surface area contributed by atoms with Gasteiger partial charge in [-0.15, -0.1) is 24.8 Å². The molecule has 0 bridgehead atoms. The molecule has 1 amide bonds. The Bertz CT molecular complexity index is 375. The largest absolute Gasteiger partial charge is 0.371 e. The van der Waals surface area contributed by atoms with E-state index in [9.17, 15) is 4.79 Å². The highest BCUT2D eigenvalue weighted by Gasteiger charge is 2.22. The summed E-state index contributed by atoms with van der Waals surface area (Å²) in [4.78, 5) is 13.4. The Balaban J connectivity index is 0.00000162. The number of hydrogen-bond acceptors (Lipinski definition) is 3. The minimum absolute atomic E-state index is 0. The molecule has 19 heavy (non-hydrogen) atoms. The van der Waals surface area contributed by atoms with Crippen LogP contribution in [0.2, 0.25) is 0 Å². The van der Waals surface area contributed by atoms with Crippen LogP contribution in [0, 0.1) is 5.92 Å². The van der Waals surface area contributed by atoms with Crippen LogP contribution >= 0.6 is 24.8 Å². The number of carbonyl (C=O) groups excluding carboxylic acids is 1. The number of hydrogen-bond donors (Lipinski definition) is 2. The SMILES string of the molecule is Cl.Cl.NCC(=O)NCC1CCN(c2ccccc2)C1. The van der Waals surface area contributed by atoms with Crippen LogP contribution in [0.4, 0.5) is 5.69 Å². The van der Waals surface area contributed by atoms with Gasteiger partial charge in [0.05, 0.1) is 6.54 Å². The first-order valence-electron chi connectivity index (χ1n) is 6.06. The lowest BCUT2D eigenvalue weighted by atomic mass is 10.1. The van der Waals surface area contributed by atoms with Crippen LogP contribution in [-0.4, -0.2) is 32.1 Å². The summed E-state index contributed by atoms with van der Waals surface area (Å²) in [5, 5.41) is 2.86. The highest BCUT2D eigenvalue weighted by atomic mass is 35.5. The van der Waals surface area contributed by atoms with Gasteiger partial charge in [-0.3, -0.25) is 4.79 Å². The van der Waals surface area contributed by atoms with Crippen molar-refractivity contribution in [2.45, 2.75) is 6.42 Å². The molecule has 1 saturated heterocycles. The fraction of sp³-hybridized carbons (Fsp3) is 0.462. The van der Waals surface area contributed by atoms with Crippen molar-refractivity contribution in [2.24, 2.45) is 11.7 Å². The van der Waals surface area contributed by atoms with Crippen molar-refractivity contribution in [2.75, 3.05) is 31.1 Å². The molecule has 1 aliphatic heterocycles. The average molecular weight is 306 g/mol. The highest BCUT2D eigenvalue weighted by Crippen LogP contribution is 2.22. The number of halogens is 2. The molecule has 0 aromatic heterocycles. The van der Waals surface area contributed by atoms with Gasteiger partial charge in [-0.05, 0) is 24.5 Å². The molecule has 0 aliphatic carbocycles. The van der Waals surface area contributed by atoms with Crippen LogP contribution in [-0.2, 0) is 4.79 Å². The summed E-state index contributed by atoms with van der Waals surface area (Å²) < 4.78 is 0. The fourth-order valence-electron chi connectivity index (χ4n) is 2.20. The average Bonchev–Trinajstić information content (AvgIpc) is 2.86. The molecule has 1 aromatic rings. The lowest BCUT2D eigenvalue weighted by Crippen LogP contribution is -2.35. The molecule has 3 N–H and O–H groups in total. The highest BCUT2D eigenvalue weighted by molar-refractivity contribution is 5.85. The van der Waals surface area contributed by atoms with Gasteiger partial charge in [0.15, 0.2) is 0 Å². The van der Waals surface area contributed by atoms with Crippen molar-refractivity contribution in [1.82, 2.24) is 5.32 Å². The maximum atomic E-state index is 11.1. The summed E-state index contributed by atoms with van der Waals surface area (Å²) in [6, 6.07) is 10.4. The Kier molecular flexibility index (Phi) is 8.56.